The summed E-state index contributed by atoms with van der Waals surface area (Å²) >= 11 is 0. The Morgan fingerprint density at radius 3 is 1.38 bits per heavy atom. The fraction of sp³-hybridized carbons (Fsp3) is 0.803. The molecular formula is C61H114N2O7P+. The second-order valence-electron chi connectivity index (χ2n) is 21.2. The number of ether oxygens (including phenoxy) is 1. The fourth-order valence-corrected chi connectivity index (χ4v) is 9.14. The van der Waals surface area contributed by atoms with Crippen LogP contribution >= 0.6 is 7.82 Å². The molecule has 2 N–H and O–H groups in total. The summed E-state index contributed by atoms with van der Waals surface area (Å²) in [5.74, 6) is -0.528. The first-order chi connectivity index (χ1) is 34.4. The molecule has 0 aliphatic carbocycles. The van der Waals surface area contributed by atoms with E-state index < -0.39 is 20.0 Å². The van der Waals surface area contributed by atoms with Gasteiger partial charge in [-0.2, -0.15) is 0 Å². The van der Waals surface area contributed by atoms with Gasteiger partial charge in [0, 0.05) is 12.8 Å². The van der Waals surface area contributed by atoms with Gasteiger partial charge in [0.05, 0.1) is 33.8 Å². The van der Waals surface area contributed by atoms with Gasteiger partial charge in [-0.25, -0.2) is 4.57 Å². The van der Waals surface area contributed by atoms with Gasteiger partial charge in [0.15, 0.2) is 0 Å². The number of phosphoric acid groups is 1. The van der Waals surface area contributed by atoms with Gasteiger partial charge in [0.1, 0.15) is 19.3 Å². The second kappa shape index (κ2) is 51.2. The molecule has 10 heteroatoms. The number of nitrogens with one attached hydrogen (secondary N) is 1. The van der Waals surface area contributed by atoms with E-state index in [2.05, 4.69) is 74.7 Å². The lowest BCUT2D eigenvalue weighted by Gasteiger charge is -2.27. The third kappa shape index (κ3) is 52.4. The molecule has 1 amide bonds. The summed E-state index contributed by atoms with van der Waals surface area (Å²) in [5, 5.41) is 3.04. The van der Waals surface area contributed by atoms with Crippen molar-refractivity contribution < 1.29 is 37.3 Å². The number of phosphoric ester groups is 1. The van der Waals surface area contributed by atoms with Gasteiger partial charge in [-0.05, 0) is 76.7 Å². The van der Waals surface area contributed by atoms with Crippen molar-refractivity contribution in [1.82, 2.24) is 5.32 Å². The van der Waals surface area contributed by atoms with Crippen molar-refractivity contribution >= 4 is 19.7 Å². The number of nitrogens with zero attached hydrogens (tertiary/aromatic N) is 1. The molecule has 0 bridgehead atoms. The SMILES string of the molecule is CC/C=C/C=C/C=C\CCCCCCCC(=O)NC(COP(=O)(O)OCC[N+](C)(C)C)C(/C=C\CCCCCCCCCCCCC)OC(=O)CCCCCCCCCCC/C=C/CCCCCCCC. The van der Waals surface area contributed by atoms with E-state index in [0.717, 1.165) is 83.5 Å². The Morgan fingerprint density at radius 2 is 0.915 bits per heavy atom. The molecule has 0 aliphatic rings. The van der Waals surface area contributed by atoms with E-state index in [0.29, 0.717) is 17.4 Å². The smallest absolute Gasteiger partial charge is 0.456 e. The Hall–Kier alpha value is -2.29. The van der Waals surface area contributed by atoms with Crippen molar-refractivity contribution in [1.29, 1.82) is 0 Å². The predicted octanol–water partition coefficient (Wildman–Crippen LogP) is 17.9. The number of likely N-dealkylation sites (N-methyl/N-ethyl adjacent to an activating group) is 1. The van der Waals surface area contributed by atoms with Crippen molar-refractivity contribution in [2.45, 2.75) is 277 Å². The number of rotatable bonds is 53. The molecule has 3 atom stereocenters. The first-order valence-electron chi connectivity index (χ1n) is 29.6. The maximum absolute atomic E-state index is 13.5. The van der Waals surface area contributed by atoms with Crippen LogP contribution < -0.4 is 5.32 Å². The molecule has 0 aromatic heterocycles. The molecule has 3 unspecified atom stereocenters. The Kier molecular flexibility index (Phi) is 49.6. The summed E-state index contributed by atoms with van der Waals surface area (Å²) in [6.07, 6.45) is 63.6. The van der Waals surface area contributed by atoms with Gasteiger partial charge in [0.2, 0.25) is 5.91 Å². The Labute approximate surface area is 439 Å². The minimum Gasteiger partial charge on any atom is -0.456 e. The van der Waals surface area contributed by atoms with Crippen LogP contribution in [0, 0.1) is 0 Å². The zero-order chi connectivity index (χ0) is 52.2. The molecule has 0 rings (SSSR count). The van der Waals surface area contributed by atoms with Crippen LogP contribution in [0.15, 0.2) is 60.8 Å². The summed E-state index contributed by atoms with van der Waals surface area (Å²) in [7, 11) is 1.48. The summed E-state index contributed by atoms with van der Waals surface area (Å²) < 4.78 is 30.6. The van der Waals surface area contributed by atoms with Crippen molar-refractivity contribution in [3.63, 3.8) is 0 Å². The second-order valence-corrected chi connectivity index (χ2v) is 22.7. The van der Waals surface area contributed by atoms with Crippen LogP contribution in [0.2, 0.25) is 0 Å². The monoisotopic (exact) mass is 1020 g/mol. The van der Waals surface area contributed by atoms with Gasteiger partial charge >= 0.3 is 13.8 Å². The lowest BCUT2D eigenvalue weighted by molar-refractivity contribution is -0.870. The molecule has 0 spiro atoms. The van der Waals surface area contributed by atoms with E-state index in [1.54, 1.807) is 0 Å². The molecule has 414 valence electrons. The van der Waals surface area contributed by atoms with Crippen LogP contribution in [0.5, 0.6) is 0 Å². The Balaban J connectivity index is 5.32. The molecule has 0 radical (unpaired) electrons. The lowest BCUT2D eigenvalue weighted by atomic mass is 10.0. The third-order valence-electron chi connectivity index (χ3n) is 13.0. The predicted molar refractivity (Wildman–Crippen MR) is 305 cm³/mol. The first kappa shape index (κ1) is 68.7. The average molecular weight is 1020 g/mol. The number of amides is 1. The number of hydrogen-bond acceptors (Lipinski definition) is 6. The number of quaternary nitrogens is 1. The highest BCUT2D eigenvalue weighted by atomic mass is 31.2. The molecule has 0 aliphatic heterocycles. The number of carbonyl (C=O) groups excluding carboxylic acids is 2. The molecule has 9 nitrogen and oxygen atoms in total. The van der Waals surface area contributed by atoms with Crippen LogP contribution in [0.4, 0.5) is 0 Å². The van der Waals surface area contributed by atoms with Crippen molar-refractivity contribution in [2.75, 3.05) is 40.9 Å². The Morgan fingerprint density at radius 1 is 0.507 bits per heavy atom. The van der Waals surface area contributed by atoms with E-state index in [1.807, 2.05) is 33.3 Å². The quantitative estimate of drug-likeness (QED) is 0.0156. The summed E-state index contributed by atoms with van der Waals surface area (Å²) in [5.41, 5.74) is 0. The molecule has 0 saturated carbocycles. The summed E-state index contributed by atoms with van der Waals surface area (Å²) in [6.45, 7) is 6.87. The number of hydrogen-bond donors (Lipinski definition) is 2. The van der Waals surface area contributed by atoms with Crippen molar-refractivity contribution in [3.05, 3.63) is 60.8 Å². The lowest BCUT2D eigenvalue weighted by Crippen LogP contribution is -2.47. The molecule has 0 aromatic rings. The molecule has 0 aromatic carbocycles. The zero-order valence-corrected chi connectivity index (χ0v) is 48.1. The molecule has 0 saturated heterocycles. The molecular weight excluding hydrogens is 904 g/mol. The largest absolute Gasteiger partial charge is 0.472 e. The number of carbonyl (C=O) groups is 2. The topological polar surface area (TPSA) is 111 Å². The number of esters is 1. The van der Waals surface area contributed by atoms with Gasteiger partial charge < -0.3 is 19.4 Å². The minimum atomic E-state index is -4.45. The van der Waals surface area contributed by atoms with Crippen LogP contribution in [0.1, 0.15) is 265 Å². The standard InChI is InChI=1S/C61H113N2O7P/c1-7-10-13-16-19-22-25-28-29-30-31-32-33-36-39-42-45-48-51-54-61(65)70-59(52-49-46-43-40-37-34-26-23-20-17-14-11-8-2)58(57-69-71(66,67)68-56-55-63(4,5)6)62-60(64)53-50-47-44-41-38-35-27-24-21-18-15-12-9-3/h12,15,18,21,24,27-29,49,52,58-59H,7-11,13-14,16-17,19-20,22-23,25-26,30-48,50-51,53-57H2,1-6H3,(H-,62,64,66,67)/p+1/b15-12+,21-18+,27-24-,29-28+,52-49-. The molecule has 0 fully saturated rings. The Bertz CT molecular complexity index is 1400. The minimum absolute atomic E-state index is 0.0345. The summed E-state index contributed by atoms with van der Waals surface area (Å²) in [4.78, 5) is 37.6. The van der Waals surface area contributed by atoms with E-state index in [-0.39, 0.29) is 31.5 Å². The summed E-state index contributed by atoms with van der Waals surface area (Å²) in [6, 6.07) is -0.859. The molecule has 71 heavy (non-hydrogen) atoms. The van der Waals surface area contributed by atoms with Crippen molar-refractivity contribution in [2.24, 2.45) is 0 Å². The van der Waals surface area contributed by atoms with E-state index >= 15 is 0 Å². The van der Waals surface area contributed by atoms with Gasteiger partial charge in [-0.3, -0.25) is 18.6 Å². The van der Waals surface area contributed by atoms with E-state index in [1.165, 1.54) is 148 Å². The first-order valence-corrected chi connectivity index (χ1v) is 31.1. The zero-order valence-electron chi connectivity index (χ0n) is 47.2. The van der Waals surface area contributed by atoms with Crippen molar-refractivity contribution in [3.8, 4) is 0 Å². The third-order valence-corrected chi connectivity index (χ3v) is 14.0. The van der Waals surface area contributed by atoms with Gasteiger partial charge in [-0.15, -0.1) is 0 Å². The van der Waals surface area contributed by atoms with Gasteiger partial charge in [0.25, 0.3) is 0 Å². The van der Waals surface area contributed by atoms with Crippen LogP contribution in [0.3, 0.4) is 0 Å². The highest BCUT2D eigenvalue weighted by molar-refractivity contribution is 7.47. The van der Waals surface area contributed by atoms with Gasteiger partial charge in [-0.1, -0.05) is 236 Å². The van der Waals surface area contributed by atoms with Crippen LogP contribution in [0.25, 0.3) is 0 Å². The van der Waals surface area contributed by atoms with Crippen LogP contribution in [-0.2, 0) is 27.9 Å². The highest BCUT2D eigenvalue weighted by Crippen LogP contribution is 2.43. The van der Waals surface area contributed by atoms with E-state index in [9.17, 15) is 19.0 Å². The number of unbranched alkanes of at least 4 members (excludes halogenated alkanes) is 31. The normalized spacial score (nSPS) is 14.2. The molecule has 0 heterocycles. The maximum atomic E-state index is 13.5. The fourth-order valence-electron chi connectivity index (χ4n) is 8.41. The average Bonchev–Trinajstić information content (AvgIpc) is 3.33. The van der Waals surface area contributed by atoms with E-state index in [4.69, 9.17) is 13.8 Å². The maximum Gasteiger partial charge on any atom is 0.472 e. The van der Waals surface area contributed by atoms with Crippen LogP contribution in [-0.4, -0.2) is 74.3 Å². The number of allylic oxidation sites excluding steroid dienone is 9. The highest BCUT2D eigenvalue weighted by Gasteiger charge is 2.30.